The van der Waals surface area contributed by atoms with Gasteiger partial charge in [-0.05, 0) is 47.2 Å². The van der Waals surface area contributed by atoms with Gasteiger partial charge >= 0.3 is 0 Å². The number of ketones is 1. The number of ether oxygens (including phenoxy) is 2. The van der Waals surface area contributed by atoms with Gasteiger partial charge in [-0.25, -0.2) is 0 Å². The molecule has 0 aliphatic carbocycles. The Labute approximate surface area is 158 Å². The van der Waals surface area contributed by atoms with Crippen molar-refractivity contribution in [3.8, 4) is 11.5 Å². The standard InChI is InChI=1S/C22H21NO4/c1-23(2)22(25)21(24)17-8-10-19(11-9-17)26-13-14-27-20-12-7-16-5-3-4-6-18(16)15-20/h3-12,15H,13-14H2,1-2H3. The predicted octanol–water partition coefficient (Wildman–Crippen LogP) is 3.57. The zero-order valence-electron chi connectivity index (χ0n) is 15.3. The number of hydrogen-bond donors (Lipinski definition) is 0. The maximum atomic E-state index is 12.0. The van der Waals surface area contributed by atoms with Gasteiger partial charge in [-0.15, -0.1) is 0 Å². The van der Waals surface area contributed by atoms with Crippen LogP contribution >= 0.6 is 0 Å². The SMILES string of the molecule is CN(C)C(=O)C(=O)c1ccc(OCCOc2ccc3ccccc3c2)cc1. The first-order valence-corrected chi connectivity index (χ1v) is 8.65. The number of likely N-dealkylation sites (N-methyl/N-ethyl adjacent to an activating group) is 1. The van der Waals surface area contributed by atoms with Gasteiger partial charge in [0.1, 0.15) is 24.7 Å². The molecular formula is C22H21NO4. The third-order valence-electron chi connectivity index (χ3n) is 4.06. The number of carbonyl (C=O) groups is 2. The lowest BCUT2D eigenvalue weighted by atomic mass is 10.1. The number of carbonyl (C=O) groups excluding carboxylic acids is 2. The summed E-state index contributed by atoms with van der Waals surface area (Å²) >= 11 is 0. The Hall–Kier alpha value is -3.34. The number of nitrogens with zero attached hydrogens (tertiary/aromatic N) is 1. The van der Waals surface area contributed by atoms with Gasteiger partial charge in [0.2, 0.25) is 5.78 Å². The van der Waals surface area contributed by atoms with Gasteiger partial charge in [0.25, 0.3) is 5.91 Å². The number of fused-ring (bicyclic) bond motifs is 1. The lowest BCUT2D eigenvalue weighted by Crippen LogP contribution is -2.29. The van der Waals surface area contributed by atoms with Gasteiger partial charge in [-0.1, -0.05) is 30.3 Å². The van der Waals surface area contributed by atoms with E-state index in [4.69, 9.17) is 9.47 Å². The number of rotatable bonds is 7. The van der Waals surface area contributed by atoms with Crippen LogP contribution in [-0.2, 0) is 4.79 Å². The van der Waals surface area contributed by atoms with E-state index < -0.39 is 11.7 Å². The van der Waals surface area contributed by atoms with Crippen LogP contribution in [0.2, 0.25) is 0 Å². The van der Waals surface area contributed by atoms with Crippen LogP contribution in [0.25, 0.3) is 10.8 Å². The van der Waals surface area contributed by atoms with E-state index in [1.54, 1.807) is 38.4 Å². The maximum Gasteiger partial charge on any atom is 0.294 e. The quantitative estimate of drug-likeness (QED) is 0.366. The molecule has 5 nitrogen and oxygen atoms in total. The highest BCUT2D eigenvalue weighted by atomic mass is 16.5. The Morgan fingerprint density at radius 1 is 0.778 bits per heavy atom. The average molecular weight is 363 g/mol. The van der Waals surface area contributed by atoms with Gasteiger partial charge in [0.05, 0.1) is 0 Å². The smallest absolute Gasteiger partial charge is 0.294 e. The van der Waals surface area contributed by atoms with E-state index in [0.29, 0.717) is 24.5 Å². The average Bonchev–Trinajstić information content (AvgIpc) is 2.70. The highest BCUT2D eigenvalue weighted by molar-refractivity contribution is 6.42. The minimum Gasteiger partial charge on any atom is -0.490 e. The second-order valence-corrected chi connectivity index (χ2v) is 6.26. The van der Waals surface area contributed by atoms with Gasteiger partial charge in [-0.2, -0.15) is 0 Å². The fraction of sp³-hybridized carbons (Fsp3) is 0.182. The number of Topliss-reactive ketones (excluding diaryl/α,β-unsaturated/α-hetero) is 1. The largest absolute Gasteiger partial charge is 0.490 e. The van der Waals surface area contributed by atoms with Crippen molar-refractivity contribution < 1.29 is 19.1 Å². The Bertz CT molecular complexity index is 948. The summed E-state index contributed by atoms with van der Waals surface area (Å²) in [7, 11) is 3.10. The summed E-state index contributed by atoms with van der Waals surface area (Å²) < 4.78 is 11.4. The summed E-state index contributed by atoms with van der Waals surface area (Å²) in [6, 6.07) is 20.6. The summed E-state index contributed by atoms with van der Waals surface area (Å²) in [5.41, 5.74) is 0.341. The topological polar surface area (TPSA) is 55.8 Å². The molecule has 0 saturated carbocycles. The third-order valence-corrected chi connectivity index (χ3v) is 4.06. The van der Waals surface area contributed by atoms with Crippen molar-refractivity contribution >= 4 is 22.5 Å². The molecule has 0 spiro atoms. The van der Waals surface area contributed by atoms with Crippen LogP contribution in [0.3, 0.4) is 0 Å². The van der Waals surface area contributed by atoms with E-state index in [0.717, 1.165) is 11.1 Å². The monoisotopic (exact) mass is 363 g/mol. The predicted molar refractivity (Wildman–Crippen MR) is 104 cm³/mol. The second-order valence-electron chi connectivity index (χ2n) is 6.26. The fourth-order valence-corrected chi connectivity index (χ4v) is 2.61. The van der Waals surface area contributed by atoms with Crippen molar-refractivity contribution in [1.82, 2.24) is 4.90 Å². The van der Waals surface area contributed by atoms with Crippen LogP contribution in [0.4, 0.5) is 0 Å². The zero-order chi connectivity index (χ0) is 19.2. The first kappa shape index (κ1) is 18.5. The molecule has 0 N–H and O–H groups in total. The number of amides is 1. The van der Waals surface area contributed by atoms with E-state index in [1.165, 1.54) is 10.3 Å². The molecule has 27 heavy (non-hydrogen) atoms. The first-order valence-electron chi connectivity index (χ1n) is 8.65. The molecule has 3 aromatic carbocycles. The molecule has 3 rings (SSSR count). The van der Waals surface area contributed by atoms with Crippen molar-refractivity contribution in [3.05, 3.63) is 72.3 Å². The molecule has 0 atom stereocenters. The molecule has 138 valence electrons. The van der Waals surface area contributed by atoms with Crippen LogP contribution in [0.15, 0.2) is 66.7 Å². The van der Waals surface area contributed by atoms with Gasteiger partial charge in [0.15, 0.2) is 0 Å². The van der Waals surface area contributed by atoms with Crippen molar-refractivity contribution in [2.75, 3.05) is 27.3 Å². The molecule has 0 fully saturated rings. The van der Waals surface area contributed by atoms with Crippen LogP contribution in [0, 0.1) is 0 Å². The second kappa shape index (κ2) is 8.36. The highest BCUT2D eigenvalue weighted by Crippen LogP contribution is 2.20. The van der Waals surface area contributed by atoms with Crippen LogP contribution in [0.5, 0.6) is 11.5 Å². The van der Waals surface area contributed by atoms with Gasteiger partial charge < -0.3 is 14.4 Å². The maximum absolute atomic E-state index is 12.0. The zero-order valence-corrected chi connectivity index (χ0v) is 15.3. The van der Waals surface area contributed by atoms with Crippen LogP contribution in [-0.4, -0.2) is 43.9 Å². The molecule has 0 heterocycles. The van der Waals surface area contributed by atoms with E-state index in [-0.39, 0.29) is 0 Å². The summed E-state index contributed by atoms with van der Waals surface area (Å²) in [5.74, 6) is 0.324. The number of hydrogen-bond acceptors (Lipinski definition) is 4. The third kappa shape index (κ3) is 4.64. The molecule has 0 aliphatic heterocycles. The van der Waals surface area contributed by atoms with Gasteiger partial charge in [0, 0.05) is 19.7 Å². The molecule has 0 radical (unpaired) electrons. The highest BCUT2D eigenvalue weighted by Gasteiger charge is 2.17. The first-order chi connectivity index (χ1) is 13.0. The molecule has 1 amide bonds. The molecule has 5 heteroatoms. The Kier molecular flexibility index (Phi) is 5.71. The molecule has 0 bridgehead atoms. The molecule has 3 aromatic rings. The summed E-state index contributed by atoms with van der Waals surface area (Å²) in [5, 5.41) is 2.30. The molecular weight excluding hydrogens is 342 g/mol. The minimum atomic E-state index is -0.549. The van der Waals surface area contributed by atoms with E-state index in [2.05, 4.69) is 6.07 Å². The van der Waals surface area contributed by atoms with Crippen molar-refractivity contribution in [3.63, 3.8) is 0 Å². The lowest BCUT2D eigenvalue weighted by molar-refractivity contribution is -0.124. The minimum absolute atomic E-state index is 0.341. The van der Waals surface area contributed by atoms with Crippen molar-refractivity contribution in [2.45, 2.75) is 0 Å². The fourth-order valence-electron chi connectivity index (χ4n) is 2.61. The van der Waals surface area contributed by atoms with E-state index in [9.17, 15) is 9.59 Å². The molecule has 0 aromatic heterocycles. The Morgan fingerprint density at radius 2 is 1.37 bits per heavy atom. The van der Waals surface area contributed by atoms with Crippen molar-refractivity contribution in [1.29, 1.82) is 0 Å². The summed E-state index contributed by atoms with van der Waals surface area (Å²) in [6.45, 7) is 0.773. The molecule has 0 unspecified atom stereocenters. The van der Waals surface area contributed by atoms with E-state index in [1.807, 2.05) is 36.4 Å². The molecule has 0 aliphatic rings. The van der Waals surface area contributed by atoms with Crippen LogP contribution in [0.1, 0.15) is 10.4 Å². The molecule has 0 saturated heterocycles. The van der Waals surface area contributed by atoms with Gasteiger partial charge in [-0.3, -0.25) is 9.59 Å². The normalized spacial score (nSPS) is 10.4. The Balaban J connectivity index is 1.50. The van der Waals surface area contributed by atoms with E-state index >= 15 is 0 Å². The summed E-state index contributed by atoms with van der Waals surface area (Å²) in [6.07, 6.45) is 0. The number of benzene rings is 3. The lowest BCUT2D eigenvalue weighted by Gasteiger charge is -2.10. The van der Waals surface area contributed by atoms with Crippen molar-refractivity contribution in [2.24, 2.45) is 0 Å². The summed E-state index contributed by atoms with van der Waals surface area (Å²) in [4.78, 5) is 24.9. The van der Waals surface area contributed by atoms with Crippen LogP contribution < -0.4 is 9.47 Å². The Morgan fingerprint density at radius 3 is 2.04 bits per heavy atom.